The second-order valence-electron chi connectivity index (χ2n) is 5.63. The third-order valence-electron chi connectivity index (χ3n) is 3.88. The Hall–Kier alpha value is -3.25. The van der Waals surface area contributed by atoms with E-state index in [4.69, 9.17) is 16.3 Å². The van der Waals surface area contributed by atoms with Gasteiger partial charge >= 0.3 is 0 Å². The number of hydrogen-bond acceptors (Lipinski definition) is 5. The molecule has 0 unspecified atom stereocenters. The number of nitrogens with zero attached hydrogens (tertiary/aromatic N) is 4. The minimum absolute atomic E-state index is 0.00483. The van der Waals surface area contributed by atoms with Crippen molar-refractivity contribution in [1.29, 1.82) is 0 Å². The van der Waals surface area contributed by atoms with Crippen molar-refractivity contribution in [1.82, 2.24) is 19.7 Å². The molecule has 0 atom stereocenters. The van der Waals surface area contributed by atoms with Crippen molar-refractivity contribution in [3.63, 3.8) is 0 Å². The summed E-state index contributed by atoms with van der Waals surface area (Å²) in [5.74, 6) is 0.977. The van der Waals surface area contributed by atoms with Gasteiger partial charge in [0.15, 0.2) is 11.4 Å². The van der Waals surface area contributed by atoms with Crippen LogP contribution in [0.3, 0.4) is 0 Å². The second-order valence-corrected chi connectivity index (χ2v) is 6.07. The van der Waals surface area contributed by atoms with Crippen LogP contribution in [-0.4, -0.2) is 25.5 Å². The Kier molecular flexibility index (Phi) is 4.10. The minimum Gasteiger partial charge on any atom is -0.438 e. The van der Waals surface area contributed by atoms with Crippen LogP contribution in [0.15, 0.2) is 61.1 Å². The van der Waals surface area contributed by atoms with Gasteiger partial charge in [-0.15, -0.1) is 0 Å². The summed E-state index contributed by atoms with van der Waals surface area (Å²) in [7, 11) is 0. The van der Waals surface area contributed by atoms with Crippen molar-refractivity contribution >= 4 is 28.4 Å². The fraction of sp³-hybridized carbons (Fsp3) is 0.0526. The molecule has 2 aromatic carbocycles. The zero-order chi connectivity index (χ0) is 18.1. The van der Waals surface area contributed by atoms with Crippen LogP contribution in [-0.2, 0) is 0 Å². The molecule has 26 heavy (non-hydrogen) atoms. The van der Waals surface area contributed by atoms with E-state index in [-0.39, 0.29) is 5.78 Å². The summed E-state index contributed by atoms with van der Waals surface area (Å²) in [6, 6.07) is 14.2. The summed E-state index contributed by atoms with van der Waals surface area (Å²) in [4.78, 5) is 19.9. The van der Waals surface area contributed by atoms with Crippen LogP contribution in [0.5, 0.6) is 11.6 Å². The van der Waals surface area contributed by atoms with Crippen molar-refractivity contribution in [3.05, 3.63) is 71.6 Å². The number of rotatable bonds is 4. The molecule has 0 saturated carbocycles. The number of benzene rings is 2. The van der Waals surface area contributed by atoms with E-state index in [2.05, 4.69) is 15.1 Å². The van der Waals surface area contributed by atoms with Gasteiger partial charge in [0, 0.05) is 10.6 Å². The van der Waals surface area contributed by atoms with Gasteiger partial charge in [-0.2, -0.15) is 5.10 Å². The van der Waals surface area contributed by atoms with Gasteiger partial charge in [0.2, 0.25) is 5.88 Å². The number of Topliss-reactive ketones (excluding diaryl/α,β-unsaturated/α-hetero) is 1. The number of carbonyl (C=O) groups is 1. The second kappa shape index (κ2) is 6.57. The Morgan fingerprint density at radius 3 is 2.46 bits per heavy atom. The molecular weight excluding hydrogens is 352 g/mol. The molecular formula is C19H13ClN4O2. The summed E-state index contributed by atoms with van der Waals surface area (Å²) in [6.07, 6.45) is 3.08. The van der Waals surface area contributed by atoms with E-state index in [1.807, 2.05) is 12.1 Å². The summed E-state index contributed by atoms with van der Waals surface area (Å²) < 4.78 is 7.55. The van der Waals surface area contributed by atoms with E-state index in [0.29, 0.717) is 33.2 Å². The number of aromatic nitrogens is 4. The third kappa shape index (κ3) is 3.02. The first-order valence-electron chi connectivity index (χ1n) is 7.85. The van der Waals surface area contributed by atoms with Crippen LogP contribution in [0.2, 0.25) is 5.02 Å². The maximum Gasteiger partial charge on any atom is 0.233 e. The lowest BCUT2D eigenvalue weighted by Crippen LogP contribution is -1.98. The van der Waals surface area contributed by atoms with Crippen LogP contribution < -0.4 is 4.74 Å². The predicted octanol–water partition coefficient (Wildman–Crippen LogP) is 4.46. The van der Waals surface area contributed by atoms with E-state index in [9.17, 15) is 4.79 Å². The molecule has 0 aliphatic carbocycles. The van der Waals surface area contributed by atoms with E-state index in [1.165, 1.54) is 13.3 Å². The van der Waals surface area contributed by atoms with Crippen LogP contribution in [0.25, 0.3) is 16.7 Å². The topological polar surface area (TPSA) is 69.9 Å². The fourth-order valence-electron chi connectivity index (χ4n) is 2.54. The molecule has 6 nitrogen and oxygen atoms in total. The predicted molar refractivity (Wildman–Crippen MR) is 98.2 cm³/mol. The molecule has 0 amide bonds. The van der Waals surface area contributed by atoms with Crippen molar-refractivity contribution < 1.29 is 9.53 Å². The molecule has 4 rings (SSSR count). The lowest BCUT2D eigenvalue weighted by molar-refractivity contribution is 0.101. The molecule has 0 spiro atoms. The number of fused-ring (bicyclic) bond motifs is 1. The Morgan fingerprint density at radius 2 is 1.77 bits per heavy atom. The number of carbonyl (C=O) groups excluding carboxylic acids is 1. The zero-order valence-electron chi connectivity index (χ0n) is 13.8. The molecule has 0 bridgehead atoms. The maximum absolute atomic E-state index is 11.4. The Morgan fingerprint density at radius 1 is 1.04 bits per heavy atom. The van der Waals surface area contributed by atoms with Gasteiger partial charge in [-0.3, -0.25) is 4.79 Å². The van der Waals surface area contributed by atoms with Crippen LogP contribution >= 0.6 is 11.6 Å². The minimum atomic E-state index is 0.00483. The largest absolute Gasteiger partial charge is 0.438 e. The van der Waals surface area contributed by atoms with Gasteiger partial charge in [0.05, 0.1) is 11.9 Å². The van der Waals surface area contributed by atoms with Crippen molar-refractivity contribution in [2.75, 3.05) is 0 Å². The molecule has 2 aromatic heterocycles. The van der Waals surface area contributed by atoms with E-state index < -0.39 is 0 Å². The lowest BCUT2D eigenvalue weighted by Gasteiger charge is -2.06. The zero-order valence-corrected chi connectivity index (χ0v) is 14.5. The molecule has 0 aliphatic heterocycles. The smallest absolute Gasteiger partial charge is 0.233 e. The number of ether oxygens (including phenoxy) is 1. The fourth-order valence-corrected chi connectivity index (χ4v) is 2.67. The SMILES string of the molecule is CC(=O)c1ccc(Oc2ncnc3c2cnn3-c2ccc(Cl)cc2)cc1. The molecule has 0 fully saturated rings. The first-order chi connectivity index (χ1) is 12.6. The normalized spacial score (nSPS) is 10.8. The molecule has 4 aromatic rings. The van der Waals surface area contributed by atoms with Crippen LogP contribution in [0.4, 0.5) is 0 Å². The standard InChI is InChI=1S/C19H13ClN4O2/c1-12(25)13-2-8-16(9-3-13)26-19-17-10-23-24(18(17)21-11-22-19)15-6-4-14(20)5-7-15/h2-11H,1H3. The van der Waals surface area contributed by atoms with Crippen molar-refractivity contribution in [2.45, 2.75) is 6.92 Å². The molecule has 0 saturated heterocycles. The molecule has 0 N–H and O–H groups in total. The Balaban J connectivity index is 1.70. The first kappa shape index (κ1) is 16.2. The highest BCUT2D eigenvalue weighted by Crippen LogP contribution is 2.28. The summed E-state index contributed by atoms with van der Waals surface area (Å²) >= 11 is 5.94. The quantitative estimate of drug-likeness (QED) is 0.500. The molecule has 2 heterocycles. The highest BCUT2D eigenvalue weighted by Gasteiger charge is 2.13. The van der Waals surface area contributed by atoms with Crippen LogP contribution in [0, 0.1) is 0 Å². The van der Waals surface area contributed by atoms with Crippen molar-refractivity contribution in [2.24, 2.45) is 0 Å². The number of hydrogen-bond donors (Lipinski definition) is 0. The number of halogens is 1. The highest BCUT2D eigenvalue weighted by molar-refractivity contribution is 6.30. The third-order valence-corrected chi connectivity index (χ3v) is 4.13. The van der Waals surface area contributed by atoms with E-state index in [0.717, 1.165) is 5.69 Å². The van der Waals surface area contributed by atoms with Gasteiger partial charge in [-0.05, 0) is 55.5 Å². The van der Waals surface area contributed by atoms with Gasteiger partial charge in [0.1, 0.15) is 17.5 Å². The summed E-state index contributed by atoms with van der Waals surface area (Å²) in [6.45, 7) is 1.52. The van der Waals surface area contributed by atoms with E-state index in [1.54, 1.807) is 47.3 Å². The molecule has 128 valence electrons. The van der Waals surface area contributed by atoms with Gasteiger partial charge in [0.25, 0.3) is 0 Å². The average Bonchev–Trinajstić information content (AvgIpc) is 3.08. The molecule has 0 radical (unpaired) electrons. The highest BCUT2D eigenvalue weighted by atomic mass is 35.5. The summed E-state index contributed by atoms with van der Waals surface area (Å²) in [5.41, 5.74) is 2.08. The average molecular weight is 365 g/mol. The maximum atomic E-state index is 11.4. The monoisotopic (exact) mass is 364 g/mol. The van der Waals surface area contributed by atoms with Gasteiger partial charge in [-0.25, -0.2) is 14.6 Å². The lowest BCUT2D eigenvalue weighted by atomic mass is 10.1. The van der Waals surface area contributed by atoms with Crippen LogP contribution in [0.1, 0.15) is 17.3 Å². The molecule has 7 heteroatoms. The van der Waals surface area contributed by atoms with E-state index >= 15 is 0 Å². The van der Waals surface area contributed by atoms with Gasteiger partial charge in [-0.1, -0.05) is 11.6 Å². The van der Waals surface area contributed by atoms with Gasteiger partial charge < -0.3 is 4.74 Å². The molecule has 0 aliphatic rings. The first-order valence-corrected chi connectivity index (χ1v) is 8.23. The Bertz CT molecular complexity index is 1090. The number of ketones is 1. The Labute approximate surface area is 154 Å². The van der Waals surface area contributed by atoms with Crippen molar-refractivity contribution in [3.8, 4) is 17.3 Å². The summed E-state index contributed by atoms with van der Waals surface area (Å²) in [5, 5.41) is 5.71.